The summed E-state index contributed by atoms with van der Waals surface area (Å²) >= 11 is 2.90. The van der Waals surface area contributed by atoms with Gasteiger partial charge in [0.05, 0.1) is 5.25 Å². The third-order valence-corrected chi connectivity index (χ3v) is 5.55. The van der Waals surface area contributed by atoms with E-state index in [1.165, 1.54) is 23.1 Å². The number of ether oxygens (including phenoxy) is 1. The van der Waals surface area contributed by atoms with Crippen LogP contribution in [0.3, 0.4) is 0 Å². The number of thioether (sulfide) groups is 1. The molecular formula is C19H19N3O2S2. The van der Waals surface area contributed by atoms with Crippen LogP contribution in [0.4, 0.5) is 5.69 Å². The summed E-state index contributed by atoms with van der Waals surface area (Å²) in [6.45, 7) is 4.27. The zero-order valence-corrected chi connectivity index (χ0v) is 16.1. The number of carbonyl (C=O) groups excluding carboxylic acids is 1. The average molecular weight is 386 g/mol. The normalized spacial score (nSPS) is 11.8. The first kappa shape index (κ1) is 18.4. The van der Waals surface area contributed by atoms with Crippen molar-refractivity contribution in [1.29, 1.82) is 0 Å². The Balaban J connectivity index is 1.50. The van der Waals surface area contributed by atoms with Crippen LogP contribution >= 0.6 is 23.1 Å². The molecule has 1 N–H and O–H groups in total. The van der Waals surface area contributed by atoms with Crippen molar-refractivity contribution in [1.82, 2.24) is 10.2 Å². The summed E-state index contributed by atoms with van der Waals surface area (Å²) in [4.78, 5) is 12.3. The number of hydrogen-bond donors (Lipinski definition) is 1. The van der Waals surface area contributed by atoms with Crippen molar-refractivity contribution in [3.05, 3.63) is 65.2 Å². The number of carbonyl (C=O) groups is 1. The molecular weight excluding hydrogens is 366 g/mol. The molecule has 0 saturated carbocycles. The Morgan fingerprint density at radius 3 is 2.54 bits per heavy atom. The number of aryl methyl sites for hydroxylation is 1. The van der Waals surface area contributed by atoms with E-state index in [9.17, 15) is 4.79 Å². The molecule has 7 heteroatoms. The predicted molar refractivity (Wildman–Crippen MR) is 106 cm³/mol. The van der Waals surface area contributed by atoms with E-state index in [1.807, 2.05) is 68.4 Å². The largest absolute Gasteiger partial charge is 0.489 e. The Bertz CT molecular complexity index is 851. The second-order valence-electron chi connectivity index (χ2n) is 5.63. The number of hydrogen-bond acceptors (Lipinski definition) is 6. The Morgan fingerprint density at radius 1 is 1.15 bits per heavy atom. The first-order valence-corrected chi connectivity index (χ1v) is 9.84. The lowest BCUT2D eigenvalue weighted by molar-refractivity contribution is -0.115. The van der Waals surface area contributed by atoms with E-state index >= 15 is 0 Å². The standard InChI is InChI=1S/C19H19N3O2S2/c1-13(25-19-22-21-14(2)26-19)18(23)20-16-8-10-17(11-9-16)24-12-15-6-4-3-5-7-15/h3-11,13H,12H2,1-2H3,(H,20,23)/t13-/m0/s1. The monoisotopic (exact) mass is 385 g/mol. The molecule has 1 heterocycles. The minimum Gasteiger partial charge on any atom is -0.489 e. The molecule has 2 aromatic carbocycles. The van der Waals surface area contributed by atoms with Gasteiger partial charge in [-0.3, -0.25) is 4.79 Å². The first-order chi connectivity index (χ1) is 12.6. The van der Waals surface area contributed by atoms with Gasteiger partial charge in [-0.1, -0.05) is 53.4 Å². The number of amides is 1. The lowest BCUT2D eigenvalue weighted by Gasteiger charge is -2.11. The Kier molecular flexibility index (Phi) is 6.25. The summed E-state index contributed by atoms with van der Waals surface area (Å²) in [6.07, 6.45) is 0. The molecule has 0 bridgehead atoms. The highest BCUT2D eigenvalue weighted by molar-refractivity contribution is 8.02. The Labute approximate surface area is 160 Å². The van der Waals surface area contributed by atoms with Gasteiger partial charge in [0, 0.05) is 5.69 Å². The number of benzene rings is 2. The van der Waals surface area contributed by atoms with Crippen LogP contribution in [0.15, 0.2) is 58.9 Å². The second-order valence-corrected chi connectivity index (χ2v) is 8.40. The van der Waals surface area contributed by atoms with Crippen molar-refractivity contribution in [3.8, 4) is 5.75 Å². The summed E-state index contributed by atoms with van der Waals surface area (Å²) in [6, 6.07) is 17.4. The van der Waals surface area contributed by atoms with Crippen molar-refractivity contribution in [2.24, 2.45) is 0 Å². The molecule has 3 rings (SSSR count). The highest BCUT2D eigenvalue weighted by atomic mass is 32.2. The van der Waals surface area contributed by atoms with Crippen molar-refractivity contribution >= 4 is 34.7 Å². The average Bonchev–Trinajstić information content (AvgIpc) is 3.06. The van der Waals surface area contributed by atoms with Gasteiger partial charge in [-0.15, -0.1) is 10.2 Å². The van der Waals surface area contributed by atoms with Crippen molar-refractivity contribution in [2.45, 2.75) is 30.0 Å². The summed E-state index contributed by atoms with van der Waals surface area (Å²) in [5, 5.41) is 11.6. The number of aromatic nitrogens is 2. The van der Waals surface area contributed by atoms with E-state index in [0.717, 1.165) is 26.3 Å². The lowest BCUT2D eigenvalue weighted by atomic mass is 10.2. The third-order valence-electron chi connectivity index (χ3n) is 3.52. The summed E-state index contributed by atoms with van der Waals surface area (Å²) in [7, 11) is 0. The van der Waals surface area contributed by atoms with Crippen LogP contribution in [0.25, 0.3) is 0 Å². The van der Waals surface area contributed by atoms with Gasteiger partial charge in [0.2, 0.25) is 5.91 Å². The molecule has 0 radical (unpaired) electrons. The molecule has 134 valence electrons. The van der Waals surface area contributed by atoms with E-state index in [2.05, 4.69) is 15.5 Å². The van der Waals surface area contributed by atoms with E-state index in [0.29, 0.717) is 6.61 Å². The van der Waals surface area contributed by atoms with Gasteiger partial charge < -0.3 is 10.1 Å². The minimum atomic E-state index is -0.253. The molecule has 0 aliphatic rings. The SMILES string of the molecule is Cc1nnc(S[C@@H](C)C(=O)Nc2ccc(OCc3ccccc3)cc2)s1. The fourth-order valence-electron chi connectivity index (χ4n) is 2.15. The number of rotatable bonds is 7. The predicted octanol–water partition coefficient (Wildman–Crippen LogP) is 4.54. The topological polar surface area (TPSA) is 64.1 Å². The summed E-state index contributed by atoms with van der Waals surface area (Å²) in [5.74, 6) is 0.694. The molecule has 1 aromatic heterocycles. The highest BCUT2D eigenvalue weighted by Gasteiger charge is 2.16. The fraction of sp³-hybridized carbons (Fsp3) is 0.211. The van der Waals surface area contributed by atoms with Gasteiger partial charge in [0.25, 0.3) is 0 Å². The van der Waals surface area contributed by atoms with Gasteiger partial charge in [-0.05, 0) is 43.7 Å². The molecule has 0 aliphatic carbocycles. The molecule has 3 aromatic rings. The number of nitrogens with zero attached hydrogens (tertiary/aromatic N) is 2. The molecule has 0 unspecified atom stereocenters. The van der Waals surface area contributed by atoms with E-state index in [4.69, 9.17) is 4.74 Å². The Morgan fingerprint density at radius 2 is 1.88 bits per heavy atom. The number of anilines is 1. The summed E-state index contributed by atoms with van der Waals surface area (Å²) < 4.78 is 6.55. The van der Waals surface area contributed by atoms with Crippen LogP contribution in [0, 0.1) is 6.92 Å². The fourth-order valence-corrected chi connectivity index (χ4v) is 4.11. The first-order valence-electron chi connectivity index (χ1n) is 8.14. The number of nitrogens with one attached hydrogen (secondary N) is 1. The third kappa shape index (κ3) is 5.31. The van der Waals surface area contributed by atoms with E-state index < -0.39 is 0 Å². The van der Waals surface area contributed by atoms with Crippen LogP contribution in [-0.2, 0) is 11.4 Å². The van der Waals surface area contributed by atoms with Gasteiger partial charge in [-0.2, -0.15) is 0 Å². The van der Waals surface area contributed by atoms with Gasteiger partial charge in [-0.25, -0.2) is 0 Å². The molecule has 1 atom stereocenters. The maximum absolute atomic E-state index is 12.3. The highest BCUT2D eigenvalue weighted by Crippen LogP contribution is 2.27. The molecule has 0 saturated heterocycles. The van der Waals surface area contributed by atoms with Crippen molar-refractivity contribution in [3.63, 3.8) is 0 Å². The molecule has 0 fully saturated rings. The molecule has 1 amide bonds. The van der Waals surface area contributed by atoms with Crippen LogP contribution < -0.4 is 10.1 Å². The molecule has 0 spiro atoms. The van der Waals surface area contributed by atoms with Crippen LogP contribution in [0.1, 0.15) is 17.5 Å². The molecule has 5 nitrogen and oxygen atoms in total. The quantitative estimate of drug-likeness (QED) is 0.605. The van der Waals surface area contributed by atoms with Crippen LogP contribution in [0.5, 0.6) is 5.75 Å². The van der Waals surface area contributed by atoms with Crippen molar-refractivity contribution < 1.29 is 9.53 Å². The van der Waals surface area contributed by atoms with Crippen molar-refractivity contribution in [2.75, 3.05) is 5.32 Å². The summed E-state index contributed by atoms with van der Waals surface area (Å²) in [5.41, 5.74) is 1.85. The van der Waals surface area contributed by atoms with E-state index in [-0.39, 0.29) is 11.2 Å². The zero-order valence-electron chi connectivity index (χ0n) is 14.5. The van der Waals surface area contributed by atoms with Gasteiger partial charge in [0.1, 0.15) is 17.4 Å². The van der Waals surface area contributed by atoms with Crippen LogP contribution in [0.2, 0.25) is 0 Å². The smallest absolute Gasteiger partial charge is 0.237 e. The van der Waals surface area contributed by atoms with Crippen LogP contribution in [-0.4, -0.2) is 21.4 Å². The molecule has 0 aliphatic heterocycles. The maximum atomic E-state index is 12.3. The van der Waals surface area contributed by atoms with E-state index in [1.54, 1.807) is 0 Å². The second kappa shape index (κ2) is 8.82. The zero-order chi connectivity index (χ0) is 18.4. The lowest BCUT2D eigenvalue weighted by Crippen LogP contribution is -2.22. The Hall–Kier alpha value is -2.38. The van der Waals surface area contributed by atoms with Gasteiger partial charge >= 0.3 is 0 Å². The maximum Gasteiger partial charge on any atom is 0.237 e. The van der Waals surface area contributed by atoms with Gasteiger partial charge in [0.15, 0.2) is 4.34 Å². The molecule has 26 heavy (non-hydrogen) atoms. The minimum absolute atomic E-state index is 0.0687.